The van der Waals surface area contributed by atoms with Gasteiger partial charge in [-0.3, -0.25) is 4.79 Å². The van der Waals surface area contributed by atoms with Gasteiger partial charge in [-0.05, 0) is 35.7 Å². The summed E-state index contributed by atoms with van der Waals surface area (Å²) in [6.45, 7) is 3.95. The summed E-state index contributed by atoms with van der Waals surface area (Å²) in [6.07, 6.45) is 0. The second kappa shape index (κ2) is 8.60. The Morgan fingerprint density at radius 2 is 1.64 bits per heavy atom. The van der Waals surface area contributed by atoms with Gasteiger partial charge >= 0.3 is 0 Å². The molecular weight excluding hydrogens is 404 g/mol. The molecule has 25 heavy (non-hydrogen) atoms. The minimum absolute atomic E-state index is 0.122. The fourth-order valence-corrected chi connectivity index (χ4v) is 3.84. The molecule has 0 aliphatic carbocycles. The van der Waals surface area contributed by atoms with E-state index in [1.165, 1.54) is 12.1 Å². The highest BCUT2D eigenvalue weighted by atomic mass is 79.9. The third-order valence-corrected chi connectivity index (χ3v) is 5.65. The molecule has 0 spiro atoms. The van der Waals surface area contributed by atoms with E-state index in [1.807, 2.05) is 30.3 Å². The van der Waals surface area contributed by atoms with Crippen molar-refractivity contribution in [2.24, 2.45) is 5.92 Å². The largest absolute Gasteiger partial charge is 0.351 e. The fraction of sp³-hybridized carbons (Fsp3) is 0.278. The van der Waals surface area contributed by atoms with Crippen LogP contribution in [0.3, 0.4) is 0 Å². The molecule has 2 aromatic carbocycles. The number of halogens is 1. The van der Waals surface area contributed by atoms with Crippen molar-refractivity contribution in [2.45, 2.75) is 31.3 Å². The van der Waals surface area contributed by atoms with Gasteiger partial charge in [0.2, 0.25) is 15.9 Å². The molecule has 0 bridgehead atoms. The van der Waals surface area contributed by atoms with Gasteiger partial charge in [0, 0.05) is 11.0 Å². The first-order valence-electron chi connectivity index (χ1n) is 7.89. The highest BCUT2D eigenvalue weighted by molar-refractivity contribution is 9.10. The molecule has 2 rings (SSSR count). The fourth-order valence-electron chi connectivity index (χ4n) is 2.24. The predicted molar refractivity (Wildman–Crippen MR) is 101 cm³/mol. The Bertz CT molecular complexity index is 806. The Morgan fingerprint density at radius 3 is 2.20 bits per heavy atom. The first kappa shape index (κ1) is 19.6. The van der Waals surface area contributed by atoms with Crippen molar-refractivity contribution in [3.8, 4) is 0 Å². The quantitative estimate of drug-likeness (QED) is 0.716. The molecule has 0 aromatic heterocycles. The van der Waals surface area contributed by atoms with Crippen LogP contribution in [0, 0.1) is 5.92 Å². The van der Waals surface area contributed by atoms with Gasteiger partial charge in [0.25, 0.3) is 0 Å². The van der Waals surface area contributed by atoms with Crippen molar-refractivity contribution in [3.63, 3.8) is 0 Å². The number of hydrogen-bond acceptors (Lipinski definition) is 3. The zero-order valence-corrected chi connectivity index (χ0v) is 16.5. The average molecular weight is 425 g/mol. The maximum atomic E-state index is 12.5. The minimum atomic E-state index is -3.78. The van der Waals surface area contributed by atoms with Crippen LogP contribution in [0.15, 0.2) is 64.0 Å². The number of hydrogen-bond donors (Lipinski definition) is 2. The van der Waals surface area contributed by atoms with Gasteiger partial charge < -0.3 is 5.32 Å². The van der Waals surface area contributed by atoms with Crippen molar-refractivity contribution in [2.75, 3.05) is 0 Å². The summed E-state index contributed by atoms with van der Waals surface area (Å²) in [4.78, 5) is 12.6. The summed E-state index contributed by atoms with van der Waals surface area (Å²) in [5.74, 6) is -0.541. The lowest BCUT2D eigenvalue weighted by Crippen LogP contribution is -2.49. The van der Waals surface area contributed by atoms with Crippen LogP contribution in [0.2, 0.25) is 0 Å². The van der Waals surface area contributed by atoms with Crippen molar-refractivity contribution in [1.82, 2.24) is 10.0 Å². The van der Waals surface area contributed by atoms with Gasteiger partial charge in [0.05, 0.1) is 4.90 Å². The van der Waals surface area contributed by atoms with Gasteiger partial charge in [-0.1, -0.05) is 60.1 Å². The van der Waals surface area contributed by atoms with Crippen LogP contribution in [0.5, 0.6) is 0 Å². The lowest BCUT2D eigenvalue weighted by molar-refractivity contribution is -0.123. The SMILES string of the molecule is CC(C)C(NS(=O)(=O)c1ccc(Br)cc1)C(=O)NCc1ccccc1. The molecule has 0 aliphatic heterocycles. The molecule has 0 saturated heterocycles. The molecule has 134 valence electrons. The predicted octanol–water partition coefficient (Wildman–Crippen LogP) is 3.07. The van der Waals surface area contributed by atoms with Crippen LogP contribution in [0.1, 0.15) is 19.4 Å². The Morgan fingerprint density at radius 1 is 1.04 bits per heavy atom. The molecule has 0 aliphatic rings. The number of carbonyl (C=O) groups is 1. The molecule has 0 radical (unpaired) electrons. The lowest BCUT2D eigenvalue weighted by atomic mass is 10.0. The first-order valence-corrected chi connectivity index (χ1v) is 10.2. The Balaban J connectivity index is 2.09. The summed E-state index contributed by atoms with van der Waals surface area (Å²) < 4.78 is 28.4. The van der Waals surface area contributed by atoms with Crippen LogP contribution in [-0.4, -0.2) is 20.4 Å². The summed E-state index contributed by atoms with van der Waals surface area (Å²) in [6, 6.07) is 14.9. The molecule has 5 nitrogen and oxygen atoms in total. The number of sulfonamides is 1. The van der Waals surface area contributed by atoms with Crippen LogP contribution < -0.4 is 10.0 Å². The number of amides is 1. The molecule has 1 amide bonds. The third kappa shape index (κ3) is 5.66. The Hall–Kier alpha value is -1.70. The lowest BCUT2D eigenvalue weighted by Gasteiger charge is -2.21. The average Bonchev–Trinajstić information content (AvgIpc) is 2.58. The first-order chi connectivity index (χ1) is 11.8. The van der Waals surface area contributed by atoms with E-state index in [-0.39, 0.29) is 16.7 Å². The van der Waals surface area contributed by atoms with Gasteiger partial charge in [-0.15, -0.1) is 0 Å². The van der Waals surface area contributed by atoms with E-state index in [2.05, 4.69) is 26.0 Å². The molecular formula is C18H21BrN2O3S. The Kier molecular flexibility index (Phi) is 6.75. The maximum absolute atomic E-state index is 12.5. The second-order valence-corrected chi connectivity index (χ2v) is 8.63. The number of rotatable bonds is 7. The summed E-state index contributed by atoms with van der Waals surface area (Å²) >= 11 is 3.27. The molecule has 2 aromatic rings. The van der Waals surface area contributed by atoms with Crippen molar-refractivity contribution in [3.05, 3.63) is 64.6 Å². The van der Waals surface area contributed by atoms with E-state index in [1.54, 1.807) is 26.0 Å². The monoisotopic (exact) mass is 424 g/mol. The van der Waals surface area contributed by atoms with E-state index >= 15 is 0 Å². The third-order valence-electron chi connectivity index (χ3n) is 3.66. The highest BCUT2D eigenvalue weighted by Crippen LogP contribution is 2.16. The highest BCUT2D eigenvalue weighted by Gasteiger charge is 2.28. The van der Waals surface area contributed by atoms with Crippen molar-refractivity contribution < 1.29 is 13.2 Å². The van der Waals surface area contributed by atoms with Crippen LogP contribution >= 0.6 is 15.9 Å². The van der Waals surface area contributed by atoms with E-state index in [9.17, 15) is 13.2 Å². The van der Waals surface area contributed by atoms with Crippen LogP contribution in [0.25, 0.3) is 0 Å². The van der Waals surface area contributed by atoms with Gasteiger partial charge in [-0.25, -0.2) is 8.42 Å². The maximum Gasteiger partial charge on any atom is 0.241 e. The molecule has 0 saturated carbocycles. The number of carbonyl (C=O) groups excluding carboxylic acids is 1. The van der Waals surface area contributed by atoms with E-state index in [0.717, 1.165) is 10.0 Å². The second-order valence-electron chi connectivity index (χ2n) is 6.00. The van der Waals surface area contributed by atoms with E-state index in [4.69, 9.17) is 0 Å². The zero-order chi connectivity index (χ0) is 18.4. The number of nitrogens with one attached hydrogen (secondary N) is 2. The van der Waals surface area contributed by atoms with Crippen LogP contribution in [-0.2, 0) is 21.4 Å². The van der Waals surface area contributed by atoms with Gasteiger partial charge in [0.15, 0.2) is 0 Å². The number of benzene rings is 2. The van der Waals surface area contributed by atoms with Crippen molar-refractivity contribution >= 4 is 31.9 Å². The smallest absolute Gasteiger partial charge is 0.241 e. The topological polar surface area (TPSA) is 75.3 Å². The van der Waals surface area contributed by atoms with Crippen LogP contribution in [0.4, 0.5) is 0 Å². The molecule has 1 unspecified atom stereocenters. The molecule has 2 N–H and O–H groups in total. The summed E-state index contributed by atoms with van der Waals surface area (Å²) in [7, 11) is -3.78. The summed E-state index contributed by atoms with van der Waals surface area (Å²) in [5, 5.41) is 2.79. The van der Waals surface area contributed by atoms with E-state index < -0.39 is 16.1 Å². The molecule has 0 heterocycles. The van der Waals surface area contributed by atoms with Gasteiger partial charge in [-0.2, -0.15) is 4.72 Å². The standard InChI is InChI=1S/C18H21BrN2O3S/c1-13(2)17(18(22)20-12-14-6-4-3-5-7-14)21-25(23,24)16-10-8-15(19)9-11-16/h3-11,13,17,21H,12H2,1-2H3,(H,20,22). The van der Waals surface area contributed by atoms with Crippen molar-refractivity contribution in [1.29, 1.82) is 0 Å². The molecule has 7 heteroatoms. The molecule has 1 atom stereocenters. The Labute approximate surface area is 157 Å². The molecule has 0 fully saturated rings. The summed E-state index contributed by atoms with van der Waals surface area (Å²) in [5.41, 5.74) is 0.953. The van der Waals surface area contributed by atoms with Gasteiger partial charge in [0.1, 0.15) is 6.04 Å². The zero-order valence-electron chi connectivity index (χ0n) is 14.1. The normalized spacial score (nSPS) is 12.8. The minimum Gasteiger partial charge on any atom is -0.351 e. The van der Waals surface area contributed by atoms with E-state index in [0.29, 0.717) is 6.54 Å².